The van der Waals surface area contributed by atoms with Gasteiger partial charge in [-0.05, 0) is 48.9 Å². The van der Waals surface area contributed by atoms with Gasteiger partial charge in [-0.15, -0.1) is 0 Å². The zero-order valence-electron chi connectivity index (χ0n) is 17.3. The smallest absolute Gasteiger partial charge is 0.306 e. The lowest BCUT2D eigenvalue weighted by Gasteiger charge is -2.14. The molecule has 5 N–H and O–H groups in total. The Morgan fingerprint density at radius 3 is 2.12 bits per heavy atom. The third-order valence-electron chi connectivity index (χ3n) is 4.89. The number of benzene rings is 3. The van der Waals surface area contributed by atoms with Crippen molar-refractivity contribution >= 4 is 38.6 Å². The van der Waals surface area contributed by atoms with Crippen molar-refractivity contribution in [1.29, 1.82) is 0 Å². The van der Waals surface area contributed by atoms with Crippen LogP contribution in [0.15, 0.2) is 76.4 Å². The Balaban J connectivity index is 1.53. The van der Waals surface area contributed by atoms with Gasteiger partial charge in [0, 0.05) is 5.56 Å². The second-order valence-corrected chi connectivity index (χ2v) is 8.84. The number of carbonyl (C=O) groups excluding carboxylic acids is 2. The van der Waals surface area contributed by atoms with E-state index in [0.29, 0.717) is 16.6 Å². The standard InChI is InChI=1S/C22H19N5O5S/c1-13-6-2-3-7-15(13)20(28)25-26-21(29)16-8-4-5-9-17(16)27-33(31,32)14-10-11-18-19(12-14)24-22(30)23-18/h2-12,27H,1H3,(H,25,28)(H,26,29)(H2,23,24,30). The predicted octanol–water partition coefficient (Wildman–Crippen LogP) is 2.04. The Labute approximate surface area is 188 Å². The lowest BCUT2D eigenvalue weighted by molar-refractivity contribution is 0.0846. The Morgan fingerprint density at radius 2 is 1.39 bits per heavy atom. The number of carbonyl (C=O) groups is 2. The molecular weight excluding hydrogens is 446 g/mol. The van der Waals surface area contributed by atoms with E-state index >= 15 is 0 Å². The molecule has 1 aromatic heterocycles. The van der Waals surface area contributed by atoms with Crippen LogP contribution in [0.3, 0.4) is 0 Å². The van der Waals surface area contributed by atoms with Crippen LogP contribution < -0.4 is 21.3 Å². The number of H-pyrrole nitrogens is 2. The number of aromatic amines is 2. The summed E-state index contributed by atoms with van der Waals surface area (Å²) in [6, 6.07) is 16.9. The van der Waals surface area contributed by atoms with E-state index in [1.807, 2.05) is 0 Å². The number of rotatable bonds is 5. The van der Waals surface area contributed by atoms with Crippen LogP contribution in [0, 0.1) is 6.92 Å². The maximum absolute atomic E-state index is 12.9. The third kappa shape index (κ3) is 4.62. The summed E-state index contributed by atoms with van der Waals surface area (Å²) in [5.74, 6) is -1.21. The van der Waals surface area contributed by atoms with Crippen LogP contribution in [-0.2, 0) is 10.0 Å². The van der Waals surface area contributed by atoms with Gasteiger partial charge in [-0.1, -0.05) is 30.3 Å². The fraction of sp³-hybridized carbons (Fsp3) is 0.0455. The second kappa shape index (κ2) is 8.63. The molecule has 0 aliphatic heterocycles. The number of nitrogens with one attached hydrogen (secondary N) is 5. The van der Waals surface area contributed by atoms with Crippen molar-refractivity contribution in [3.8, 4) is 0 Å². The number of amides is 2. The van der Waals surface area contributed by atoms with Crippen LogP contribution in [0.4, 0.5) is 5.69 Å². The molecule has 0 unspecified atom stereocenters. The minimum absolute atomic E-state index is 0.00212. The van der Waals surface area contributed by atoms with Gasteiger partial charge in [-0.3, -0.25) is 25.2 Å². The van der Waals surface area contributed by atoms with Crippen molar-refractivity contribution in [3.05, 3.63) is 93.9 Å². The summed E-state index contributed by atoms with van der Waals surface area (Å²) in [6.45, 7) is 1.77. The minimum atomic E-state index is -4.08. The van der Waals surface area contributed by atoms with Crippen LogP contribution in [-0.4, -0.2) is 30.2 Å². The van der Waals surface area contributed by atoms with E-state index in [1.165, 1.54) is 30.3 Å². The van der Waals surface area contributed by atoms with E-state index in [-0.39, 0.29) is 16.1 Å². The maximum Gasteiger partial charge on any atom is 0.323 e. The predicted molar refractivity (Wildman–Crippen MR) is 122 cm³/mol. The molecule has 0 fully saturated rings. The van der Waals surface area contributed by atoms with Gasteiger partial charge in [0.15, 0.2) is 0 Å². The van der Waals surface area contributed by atoms with Crippen molar-refractivity contribution in [2.45, 2.75) is 11.8 Å². The molecule has 0 saturated carbocycles. The van der Waals surface area contributed by atoms with Crippen LogP contribution in [0.25, 0.3) is 11.0 Å². The highest BCUT2D eigenvalue weighted by Gasteiger charge is 2.20. The summed E-state index contributed by atoms with van der Waals surface area (Å²) < 4.78 is 28.2. The molecule has 1 heterocycles. The van der Waals surface area contributed by atoms with E-state index in [0.717, 1.165) is 5.56 Å². The van der Waals surface area contributed by atoms with Crippen LogP contribution in [0.2, 0.25) is 0 Å². The number of anilines is 1. The highest BCUT2D eigenvalue weighted by atomic mass is 32.2. The first-order chi connectivity index (χ1) is 15.7. The Kier molecular flexibility index (Phi) is 5.71. The van der Waals surface area contributed by atoms with E-state index in [9.17, 15) is 22.8 Å². The topological polar surface area (TPSA) is 153 Å². The highest BCUT2D eigenvalue weighted by Crippen LogP contribution is 2.22. The molecule has 11 heteroatoms. The normalized spacial score (nSPS) is 11.2. The highest BCUT2D eigenvalue weighted by molar-refractivity contribution is 7.92. The van der Waals surface area contributed by atoms with Gasteiger partial charge in [0.2, 0.25) is 0 Å². The first-order valence-electron chi connectivity index (χ1n) is 9.75. The average Bonchev–Trinajstić information content (AvgIpc) is 3.17. The zero-order chi connectivity index (χ0) is 23.6. The summed E-state index contributed by atoms with van der Waals surface area (Å²) in [7, 11) is -4.08. The lowest BCUT2D eigenvalue weighted by Crippen LogP contribution is -2.42. The molecule has 2 amide bonds. The fourth-order valence-corrected chi connectivity index (χ4v) is 4.33. The quantitative estimate of drug-likeness (QED) is 0.286. The van der Waals surface area contributed by atoms with E-state index in [1.54, 1.807) is 43.3 Å². The molecule has 0 saturated heterocycles. The summed E-state index contributed by atoms with van der Waals surface area (Å²) in [6.07, 6.45) is 0. The number of hydrogen-bond acceptors (Lipinski definition) is 5. The summed E-state index contributed by atoms with van der Waals surface area (Å²) in [4.78, 5) is 41.4. The van der Waals surface area contributed by atoms with Gasteiger partial charge >= 0.3 is 5.69 Å². The SMILES string of the molecule is Cc1ccccc1C(=O)NNC(=O)c1ccccc1NS(=O)(=O)c1ccc2[nH]c(=O)[nH]c2c1. The molecule has 0 spiro atoms. The van der Waals surface area contributed by atoms with Gasteiger partial charge in [0.1, 0.15) is 0 Å². The molecule has 0 aliphatic rings. The Bertz CT molecular complexity index is 1540. The number of imidazole rings is 1. The molecule has 0 bridgehead atoms. The van der Waals surface area contributed by atoms with E-state index in [4.69, 9.17) is 0 Å². The summed E-state index contributed by atoms with van der Waals surface area (Å²) >= 11 is 0. The number of para-hydroxylation sites is 1. The largest absolute Gasteiger partial charge is 0.323 e. The summed E-state index contributed by atoms with van der Waals surface area (Å²) in [5, 5.41) is 0. The third-order valence-corrected chi connectivity index (χ3v) is 6.26. The van der Waals surface area contributed by atoms with E-state index in [2.05, 4.69) is 25.5 Å². The fourth-order valence-electron chi connectivity index (χ4n) is 3.23. The number of aryl methyl sites for hydroxylation is 1. The van der Waals surface area contributed by atoms with Crippen LogP contribution in [0.5, 0.6) is 0 Å². The Hall–Kier alpha value is -4.38. The first-order valence-corrected chi connectivity index (χ1v) is 11.2. The Morgan fingerprint density at radius 1 is 0.788 bits per heavy atom. The number of hydrogen-bond donors (Lipinski definition) is 5. The van der Waals surface area contributed by atoms with Crippen molar-refractivity contribution in [2.24, 2.45) is 0 Å². The number of hydrazine groups is 1. The molecule has 4 rings (SSSR count). The molecule has 4 aromatic rings. The maximum atomic E-state index is 12.9. The number of sulfonamides is 1. The van der Waals surface area contributed by atoms with Crippen LogP contribution in [0.1, 0.15) is 26.3 Å². The van der Waals surface area contributed by atoms with Gasteiger partial charge < -0.3 is 9.97 Å². The van der Waals surface area contributed by atoms with Gasteiger partial charge in [-0.2, -0.15) is 0 Å². The van der Waals surface area contributed by atoms with Gasteiger partial charge in [-0.25, -0.2) is 13.2 Å². The number of aromatic nitrogens is 2. The minimum Gasteiger partial charge on any atom is -0.306 e. The monoisotopic (exact) mass is 465 g/mol. The second-order valence-electron chi connectivity index (χ2n) is 7.16. The molecule has 0 atom stereocenters. The molecular formula is C22H19N5O5S. The summed E-state index contributed by atoms with van der Waals surface area (Å²) in [5.41, 5.74) is 6.11. The molecule has 168 valence electrons. The van der Waals surface area contributed by atoms with Crippen molar-refractivity contribution in [2.75, 3.05) is 4.72 Å². The molecule has 0 aliphatic carbocycles. The molecule has 33 heavy (non-hydrogen) atoms. The van der Waals surface area contributed by atoms with Gasteiger partial charge in [0.05, 0.1) is 27.2 Å². The van der Waals surface area contributed by atoms with Crippen LogP contribution >= 0.6 is 0 Å². The van der Waals surface area contributed by atoms with Gasteiger partial charge in [0.25, 0.3) is 21.8 Å². The zero-order valence-corrected chi connectivity index (χ0v) is 18.1. The van der Waals surface area contributed by atoms with E-state index < -0.39 is 27.5 Å². The van der Waals surface area contributed by atoms with Crippen molar-refractivity contribution < 1.29 is 18.0 Å². The van der Waals surface area contributed by atoms with Crippen molar-refractivity contribution in [3.63, 3.8) is 0 Å². The molecule has 0 radical (unpaired) electrons. The molecule has 3 aromatic carbocycles. The average molecular weight is 465 g/mol. The van der Waals surface area contributed by atoms with Crippen molar-refractivity contribution in [1.82, 2.24) is 20.8 Å². The lowest BCUT2D eigenvalue weighted by atomic mass is 10.1. The first kappa shape index (κ1) is 21.8. The number of fused-ring (bicyclic) bond motifs is 1. The molecule has 10 nitrogen and oxygen atoms in total.